The Balaban J connectivity index is 1.42. The highest BCUT2D eigenvalue weighted by atomic mass is 35.5. The molecule has 0 amide bonds. The maximum Gasteiger partial charge on any atom is 0.190 e. The maximum absolute atomic E-state index is 5.79. The van der Waals surface area contributed by atoms with Crippen LogP contribution in [0.2, 0.25) is 5.15 Å². The van der Waals surface area contributed by atoms with E-state index in [1.54, 1.807) is 19.3 Å². The number of imidazole rings is 1. The van der Waals surface area contributed by atoms with Crippen LogP contribution in [0.4, 0.5) is 0 Å². The minimum atomic E-state index is 0.515. The van der Waals surface area contributed by atoms with Crippen LogP contribution < -0.4 is 10.6 Å². The van der Waals surface area contributed by atoms with Gasteiger partial charge < -0.3 is 15.0 Å². The number of halogens is 1. The summed E-state index contributed by atoms with van der Waals surface area (Å²) in [5.41, 5.74) is 3.16. The molecular formula is C18H21ClN6. The lowest BCUT2D eigenvalue weighted by Crippen LogP contribution is -2.39. The first-order valence-electron chi connectivity index (χ1n) is 8.22. The SMILES string of the molecule is CN=C(NCCc1ccc(Cl)nc1)NCCc1cn2ccccc2n1. The van der Waals surface area contributed by atoms with Crippen molar-refractivity contribution in [2.24, 2.45) is 4.99 Å². The largest absolute Gasteiger partial charge is 0.356 e. The van der Waals surface area contributed by atoms with E-state index < -0.39 is 0 Å². The van der Waals surface area contributed by atoms with E-state index in [9.17, 15) is 0 Å². The van der Waals surface area contributed by atoms with Gasteiger partial charge in [-0.1, -0.05) is 23.7 Å². The van der Waals surface area contributed by atoms with Crippen molar-refractivity contribution in [2.75, 3.05) is 20.1 Å². The smallest absolute Gasteiger partial charge is 0.190 e. The molecule has 7 heteroatoms. The van der Waals surface area contributed by atoms with Gasteiger partial charge in [0.25, 0.3) is 0 Å². The molecule has 0 aromatic carbocycles. The summed E-state index contributed by atoms with van der Waals surface area (Å²) in [5, 5.41) is 7.12. The fourth-order valence-corrected chi connectivity index (χ4v) is 2.63. The summed E-state index contributed by atoms with van der Waals surface area (Å²) in [5.74, 6) is 0.783. The van der Waals surface area contributed by atoms with Crippen molar-refractivity contribution in [1.29, 1.82) is 0 Å². The molecule has 2 N–H and O–H groups in total. The van der Waals surface area contributed by atoms with Gasteiger partial charge in [-0.05, 0) is 30.2 Å². The first-order chi connectivity index (χ1) is 12.2. The quantitative estimate of drug-likeness (QED) is 0.404. The lowest BCUT2D eigenvalue weighted by molar-refractivity contribution is 0.777. The molecule has 0 saturated heterocycles. The third kappa shape index (κ3) is 4.93. The zero-order chi connectivity index (χ0) is 17.5. The molecule has 3 aromatic heterocycles. The van der Waals surface area contributed by atoms with E-state index in [0.29, 0.717) is 5.15 Å². The van der Waals surface area contributed by atoms with Gasteiger partial charge in [0.15, 0.2) is 5.96 Å². The average Bonchev–Trinajstić information content (AvgIpc) is 3.05. The second-order valence-electron chi connectivity index (χ2n) is 5.61. The van der Waals surface area contributed by atoms with E-state index >= 15 is 0 Å². The summed E-state index contributed by atoms with van der Waals surface area (Å²) < 4.78 is 2.03. The van der Waals surface area contributed by atoms with Gasteiger partial charge in [0.2, 0.25) is 0 Å². The first-order valence-corrected chi connectivity index (χ1v) is 8.60. The van der Waals surface area contributed by atoms with Crippen molar-refractivity contribution in [3.05, 3.63) is 65.3 Å². The van der Waals surface area contributed by atoms with E-state index in [2.05, 4.69) is 31.8 Å². The fraction of sp³-hybridized carbons (Fsp3) is 0.278. The Morgan fingerprint density at radius 3 is 2.72 bits per heavy atom. The van der Waals surface area contributed by atoms with Crippen molar-refractivity contribution in [3.63, 3.8) is 0 Å². The Hall–Kier alpha value is -2.60. The van der Waals surface area contributed by atoms with Crippen LogP contribution in [-0.4, -0.2) is 40.5 Å². The van der Waals surface area contributed by atoms with Gasteiger partial charge in [-0.15, -0.1) is 0 Å². The number of hydrogen-bond donors (Lipinski definition) is 2. The Kier molecular flexibility index (Phi) is 5.85. The van der Waals surface area contributed by atoms with Crippen LogP contribution in [0.15, 0.2) is 53.9 Å². The van der Waals surface area contributed by atoms with Crippen molar-refractivity contribution < 1.29 is 0 Å². The molecule has 130 valence electrons. The van der Waals surface area contributed by atoms with E-state index in [1.807, 2.05) is 34.9 Å². The third-order valence-corrected chi connectivity index (χ3v) is 4.03. The van der Waals surface area contributed by atoms with Crippen LogP contribution in [0.5, 0.6) is 0 Å². The second-order valence-corrected chi connectivity index (χ2v) is 6.00. The number of pyridine rings is 2. The molecule has 0 radical (unpaired) electrons. The summed E-state index contributed by atoms with van der Waals surface area (Å²) in [7, 11) is 1.77. The van der Waals surface area contributed by atoms with Crippen LogP contribution in [0.1, 0.15) is 11.3 Å². The molecule has 25 heavy (non-hydrogen) atoms. The van der Waals surface area contributed by atoms with Crippen molar-refractivity contribution in [3.8, 4) is 0 Å². The summed E-state index contributed by atoms with van der Waals surface area (Å²) in [6.07, 6.45) is 7.55. The topological polar surface area (TPSA) is 66.6 Å². The monoisotopic (exact) mass is 356 g/mol. The predicted octanol–water partition coefficient (Wildman–Crippen LogP) is 2.33. The molecule has 0 aliphatic rings. The second kappa shape index (κ2) is 8.48. The molecule has 0 atom stereocenters. The van der Waals surface area contributed by atoms with Crippen molar-refractivity contribution in [1.82, 2.24) is 25.0 Å². The van der Waals surface area contributed by atoms with Crippen LogP contribution in [0.25, 0.3) is 5.65 Å². The first kappa shape index (κ1) is 17.2. The summed E-state index contributed by atoms with van der Waals surface area (Å²) in [4.78, 5) is 12.9. The van der Waals surface area contributed by atoms with Gasteiger partial charge in [-0.3, -0.25) is 4.99 Å². The third-order valence-electron chi connectivity index (χ3n) is 3.81. The summed E-state index contributed by atoms with van der Waals surface area (Å²) in [6, 6.07) is 9.78. The molecule has 3 aromatic rings. The summed E-state index contributed by atoms with van der Waals surface area (Å²) in [6.45, 7) is 1.55. The number of hydrogen-bond acceptors (Lipinski definition) is 3. The number of aromatic nitrogens is 3. The molecule has 0 aliphatic carbocycles. The van der Waals surface area contributed by atoms with Gasteiger partial charge in [0.05, 0.1) is 5.69 Å². The van der Waals surface area contributed by atoms with E-state index in [0.717, 1.165) is 48.8 Å². The number of nitrogens with zero attached hydrogens (tertiary/aromatic N) is 4. The zero-order valence-corrected chi connectivity index (χ0v) is 14.9. The van der Waals surface area contributed by atoms with Gasteiger partial charge >= 0.3 is 0 Å². The molecular weight excluding hydrogens is 336 g/mol. The van der Waals surface area contributed by atoms with Crippen LogP contribution in [0.3, 0.4) is 0 Å². The van der Waals surface area contributed by atoms with E-state index in [-0.39, 0.29) is 0 Å². The maximum atomic E-state index is 5.79. The van der Waals surface area contributed by atoms with Gasteiger partial charge in [-0.2, -0.15) is 0 Å². The fourth-order valence-electron chi connectivity index (χ4n) is 2.52. The average molecular weight is 357 g/mol. The number of aliphatic imine (C=N–C) groups is 1. The number of guanidine groups is 1. The normalized spacial score (nSPS) is 11.7. The van der Waals surface area contributed by atoms with Crippen molar-refractivity contribution >= 4 is 23.2 Å². The zero-order valence-electron chi connectivity index (χ0n) is 14.1. The molecule has 0 fully saturated rings. The Bertz CT molecular complexity index is 807. The molecule has 0 bridgehead atoms. The minimum absolute atomic E-state index is 0.515. The Morgan fingerprint density at radius 1 is 1.16 bits per heavy atom. The summed E-state index contributed by atoms with van der Waals surface area (Å²) >= 11 is 5.79. The standard InChI is InChI=1S/C18H21ClN6/c1-20-18(21-9-7-14-5-6-16(19)23-12-14)22-10-8-15-13-25-11-3-2-4-17(25)24-15/h2-6,11-13H,7-10H2,1H3,(H2,20,21,22). The molecule has 6 nitrogen and oxygen atoms in total. The van der Waals surface area contributed by atoms with Crippen LogP contribution in [-0.2, 0) is 12.8 Å². The predicted molar refractivity (Wildman–Crippen MR) is 101 cm³/mol. The number of rotatable bonds is 6. The minimum Gasteiger partial charge on any atom is -0.356 e. The molecule has 0 unspecified atom stereocenters. The van der Waals surface area contributed by atoms with Gasteiger partial charge in [-0.25, -0.2) is 9.97 Å². The lowest BCUT2D eigenvalue weighted by atomic mass is 10.2. The number of nitrogens with one attached hydrogen (secondary N) is 2. The molecule has 0 saturated carbocycles. The van der Waals surface area contributed by atoms with Crippen LogP contribution >= 0.6 is 11.6 Å². The Labute approximate surface area is 152 Å². The highest BCUT2D eigenvalue weighted by molar-refractivity contribution is 6.29. The van der Waals surface area contributed by atoms with Crippen molar-refractivity contribution in [2.45, 2.75) is 12.8 Å². The highest BCUT2D eigenvalue weighted by Crippen LogP contribution is 2.05. The molecule has 0 aliphatic heterocycles. The lowest BCUT2D eigenvalue weighted by Gasteiger charge is -2.11. The molecule has 3 heterocycles. The molecule has 0 spiro atoms. The molecule has 3 rings (SSSR count). The van der Waals surface area contributed by atoms with E-state index in [4.69, 9.17) is 11.6 Å². The van der Waals surface area contributed by atoms with Crippen LogP contribution in [0, 0.1) is 0 Å². The van der Waals surface area contributed by atoms with Gasteiger partial charge in [0.1, 0.15) is 10.8 Å². The highest BCUT2D eigenvalue weighted by Gasteiger charge is 2.02. The van der Waals surface area contributed by atoms with E-state index in [1.165, 1.54) is 0 Å². The van der Waals surface area contributed by atoms with Gasteiger partial charge in [0, 0.05) is 45.1 Å². The number of fused-ring (bicyclic) bond motifs is 1. The Morgan fingerprint density at radius 2 is 2.00 bits per heavy atom.